The highest BCUT2D eigenvalue weighted by molar-refractivity contribution is 7.89. The lowest BCUT2D eigenvalue weighted by molar-refractivity contribution is -0.146. The predicted molar refractivity (Wildman–Crippen MR) is 81.7 cm³/mol. The highest BCUT2D eigenvalue weighted by Gasteiger charge is 2.18. The minimum Gasteiger partial charge on any atom is -0.444 e. The summed E-state index contributed by atoms with van der Waals surface area (Å²) >= 11 is 0. The molecule has 2 N–H and O–H groups in total. The molecule has 0 aliphatic carbocycles. The smallest absolute Gasteiger partial charge is 0.407 e. The zero-order valence-electron chi connectivity index (χ0n) is 13.2. The number of rotatable bonds is 6. The number of alkyl carbamates (subject to hydrolysis) is 1. The van der Waals surface area contributed by atoms with Crippen LogP contribution in [0.25, 0.3) is 0 Å². The van der Waals surface area contributed by atoms with Crippen LogP contribution in [0.2, 0.25) is 0 Å². The molecule has 23 heavy (non-hydrogen) atoms. The summed E-state index contributed by atoms with van der Waals surface area (Å²) in [5, 5.41) is 2.36. The third-order valence-corrected chi connectivity index (χ3v) is 3.51. The Morgan fingerprint density at radius 3 is 2.30 bits per heavy atom. The van der Waals surface area contributed by atoms with E-state index in [0.29, 0.717) is 0 Å². The van der Waals surface area contributed by atoms with E-state index in [1.54, 1.807) is 43.9 Å². The van der Waals surface area contributed by atoms with Crippen molar-refractivity contribution in [2.75, 3.05) is 6.54 Å². The molecule has 0 heterocycles. The van der Waals surface area contributed by atoms with Crippen molar-refractivity contribution in [3.05, 3.63) is 30.3 Å². The van der Waals surface area contributed by atoms with Crippen LogP contribution in [0.5, 0.6) is 0 Å². The fourth-order valence-electron chi connectivity index (χ4n) is 1.38. The summed E-state index contributed by atoms with van der Waals surface area (Å²) in [4.78, 5) is 29.0. The molecule has 1 rings (SSSR count). The van der Waals surface area contributed by atoms with Crippen molar-refractivity contribution in [3.63, 3.8) is 0 Å². The Morgan fingerprint density at radius 2 is 1.74 bits per heavy atom. The predicted octanol–water partition coefficient (Wildman–Crippen LogP) is 1.34. The van der Waals surface area contributed by atoms with E-state index in [1.165, 1.54) is 12.1 Å². The van der Waals surface area contributed by atoms with Gasteiger partial charge in [0.2, 0.25) is 0 Å². The molecule has 0 aliphatic heterocycles. The Morgan fingerprint density at radius 1 is 1.13 bits per heavy atom. The van der Waals surface area contributed by atoms with Crippen molar-refractivity contribution in [1.82, 2.24) is 10.2 Å². The fourth-order valence-corrected chi connectivity index (χ4v) is 2.20. The van der Waals surface area contributed by atoms with Crippen LogP contribution in [0.3, 0.4) is 0 Å². The van der Waals surface area contributed by atoms with Gasteiger partial charge in [0, 0.05) is 6.54 Å². The SMILES string of the molecule is CC(C)(C)OC(=O)NCCC(=O)ONS(=O)(=O)c1ccccc1. The molecule has 1 aromatic carbocycles. The first-order valence-corrected chi connectivity index (χ1v) is 8.32. The highest BCUT2D eigenvalue weighted by Crippen LogP contribution is 2.07. The molecule has 1 amide bonds. The van der Waals surface area contributed by atoms with Gasteiger partial charge in [0.1, 0.15) is 5.60 Å². The Labute approximate surface area is 135 Å². The fraction of sp³-hybridized carbons (Fsp3) is 0.429. The van der Waals surface area contributed by atoms with Crippen LogP contribution < -0.4 is 10.2 Å². The minimum absolute atomic E-state index is 0.0281. The largest absolute Gasteiger partial charge is 0.444 e. The van der Waals surface area contributed by atoms with Gasteiger partial charge in [0.25, 0.3) is 10.0 Å². The molecule has 0 spiro atoms. The monoisotopic (exact) mass is 344 g/mol. The lowest BCUT2D eigenvalue weighted by atomic mass is 10.2. The van der Waals surface area contributed by atoms with Crippen LogP contribution in [0.4, 0.5) is 4.79 Å². The van der Waals surface area contributed by atoms with Gasteiger partial charge in [-0.3, -0.25) is 4.79 Å². The van der Waals surface area contributed by atoms with Crippen LogP contribution in [-0.4, -0.2) is 32.6 Å². The standard InChI is InChI=1S/C14H20N2O6S/c1-14(2,3)21-13(18)15-10-9-12(17)22-16-23(19,20)11-7-5-4-6-8-11/h4-8,16H,9-10H2,1-3H3,(H,15,18). The van der Waals surface area contributed by atoms with Crippen molar-refractivity contribution >= 4 is 22.1 Å². The molecule has 128 valence electrons. The molecule has 0 atom stereocenters. The van der Waals surface area contributed by atoms with E-state index in [1.807, 2.05) is 0 Å². The lowest BCUT2D eigenvalue weighted by Crippen LogP contribution is -2.34. The van der Waals surface area contributed by atoms with E-state index in [-0.39, 0.29) is 17.9 Å². The summed E-state index contributed by atoms with van der Waals surface area (Å²) in [6.07, 6.45) is -0.883. The number of hydrogen-bond acceptors (Lipinski definition) is 6. The number of sulfonamides is 1. The van der Waals surface area contributed by atoms with Crippen LogP contribution in [-0.2, 0) is 24.4 Å². The summed E-state index contributed by atoms with van der Waals surface area (Å²) in [5.41, 5.74) is -0.643. The summed E-state index contributed by atoms with van der Waals surface area (Å²) in [6, 6.07) is 7.47. The number of carbonyl (C=O) groups excluding carboxylic acids is 2. The molecule has 0 aliphatic rings. The maximum atomic E-state index is 11.8. The van der Waals surface area contributed by atoms with Crippen LogP contribution >= 0.6 is 0 Å². The number of nitrogens with one attached hydrogen (secondary N) is 2. The number of carbonyl (C=O) groups is 2. The molecule has 0 unspecified atom stereocenters. The Bertz CT molecular complexity index is 637. The summed E-state index contributed by atoms with van der Waals surface area (Å²) in [7, 11) is -3.93. The number of ether oxygens (including phenoxy) is 1. The molecule has 1 aromatic rings. The normalized spacial score (nSPS) is 11.6. The summed E-state index contributed by atoms with van der Waals surface area (Å²) in [6.45, 7) is 5.08. The zero-order chi connectivity index (χ0) is 17.5. The molecule has 0 fully saturated rings. The topological polar surface area (TPSA) is 111 Å². The number of benzene rings is 1. The van der Waals surface area contributed by atoms with Crippen LogP contribution in [0.15, 0.2) is 35.2 Å². The number of hydrogen-bond donors (Lipinski definition) is 2. The summed E-state index contributed by atoms with van der Waals surface area (Å²) in [5.74, 6) is -0.833. The molecule has 0 bridgehead atoms. The van der Waals surface area contributed by atoms with E-state index < -0.39 is 27.7 Å². The quantitative estimate of drug-likeness (QED) is 0.753. The van der Waals surface area contributed by atoms with Gasteiger partial charge in [-0.05, 0) is 37.8 Å². The van der Waals surface area contributed by atoms with Crippen molar-refractivity contribution in [1.29, 1.82) is 0 Å². The van der Waals surface area contributed by atoms with Gasteiger partial charge in [0.05, 0.1) is 11.3 Å². The van der Waals surface area contributed by atoms with E-state index in [9.17, 15) is 18.0 Å². The van der Waals surface area contributed by atoms with Crippen molar-refractivity contribution < 1.29 is 27.6 Å². The van der Waals surface area contributed by atoms with Gasteiger partial charge < -0.3 is 14.9 Å². The molecule has 0 radical (unpaired) electrons. The van der Waals surface area contributed by atoms with E-state index in [0.717, 1.165) is 0 Å². The van der Waals surface area contributed by atoms with Crippen molar-refractivity contribution in [2.45, 2.75) is 37.7 Å². The van der Waals surface area contributed by atoms with Gasteiger partial charge in [-0.15, -0.1) is 0 Å². The molecule has 0 saturated carbocycles. The second-order valence-electron chi connectivity index (χ2n) is 5.55. The maximum Gasteiger partial charge on any atom is 0.407 e. The summed E-state index contributed by atoms with van der Waals surface area (Å²) < 4.78 is 28.6. The van der Waals surface area contributed by atoms with Crippen LogP contribution in [0.1, 0.15) is 27.2 Å². The van der Waals surface area contributed by atoms with Crippen LogP contribution in [0, 0.1) is 0 Å². The average molecular weight is 344 g/mol. The second kappa shape index (κ2) is 7.93. The molecule has 9 heteroatoms. The van der Waals surface area contributed by atoms with Gasteiger partial charge in [-0.25, -0.2) is 13.2 Å². The van der Waals surface area contributed by atoms with Gasteiger partial charge in [0.15, 0.2) is 0 Å². The van der Waals surface area contributed by atoms with E-state index in [4.69, 9.17) is 4.74 Å². The maximum absolute atomic E-state index is 11.8. The second-order valence-corrected chi connectivity index (χ2v) is 7.20. The first-order valence-electron chi connectivity index (χ1n) is 6.83. The molecule has 0 aromatic heterocycles. The molecule has 8 nitrogen and oxygen atoms in total. The minimum atomic E-state index is -3.93. The third kappa shape index (κ3) is 7.61. The molecular weight excluding hydrogens is 324 g/mol. The van der Waals surface area contributed by atoms with Gasteiger partial charge in [-0.1, -0.05) is 18.2 Å². The number of amides is 1. The zero-order valence-corrected chi connectivity index (χ0v) is 14.0. The van der Waals surface area contributed by atoms with Gasteiger partial charge in [-0.2, -0.15) is 0 Å². The van der Waals surface area contributed by atoms with Crippen molar-refractivity contribution in [2.24, 2.45) is 0 Å². The third-order valence-electron chi connectivity index (χ3n) is 2.32. The highest BCUT2D eigenvalue weighted by atomic mass is 32.2. The first kappa shape index (κ1) is 18.9. The van der Waals surface area contributed by atoms with E-state index in [2.05, 4.69) is 10.2 Å². The average Bonchev–Trinajstić information content (AvgIpc) is 2.44. The first-order chi connectivity index (χ1) is 10.6. The molecular formula is C14H20N2O6S. The Hall–Kier alpha value is -2.13. The Kier molecular flexibility index (Phi) is 6.52. The van der Waals surface area contributed by atoms with Gasteiger partial charge >= 0.3 is 12.1 Å². The molecule has 0 saturated heterocycles. The van der Waals surface area contributed by atoms with E-state index >= 15 is 0 Å². The lowest BCUT2D eigenvalue weighted by Gasteiger charge is -2.19. The van der Waals surface area contributed by atoms with Crippen molar-refractivity contribution in [3.8, 4) is 0 Å². The Balaban J connectivity index is 2.34.